The van der Waals surface area contributed by atoms with E-state index in [1.807, 2.05) is 0 Å². The standard InChI is InChI=1S/C11H12FN3O4/c12-7-3-6(11(18)19)1-2-8(7)15(4-9(13)16)5-10(14)17/h1-3H,4-5H2,(H2,13,16)(H2,14,17)(H,18,19). The van der Waals surface area contributed by atoms with Crippen LogP contribution in [0.2, 0.25) is 0 Å². The van der Waals surface area contributed by atoms with Crippen molar-refractivity contribution in [3.8, 4) is 0 Å². The highest BCUT2D eigenvalue weighted by Gasteiger charge is 2.17. The fourth-order valence-electron chi connectivity index (χ4n) is 1.50. The van der Waals surface area contributed by atoms with Crippen LogP contribution in [-0.2, 0) is 9.59 Å². The maximum Gasteiger partial charge on any atom is 0.335 e. The lowest BCUT2D eigenvalue weighted by Crippen LogP contribution is -2.40. The van der Waals surface area contributed by atoms with Crippen LogP contribution in [0.1, 0.15) is 10.4 Å². The Morgan fingerprint density at radius 3 is 2.05 bits per heavy atom. The maximum absolute atomic E-state index is 13.8. The van der Waals surface area contributed by atoms with E-state index in [2.05, 4.69) is 0 Å². The largest absolute Gasteiger partial charge is 0.478 e. The molecular weight excluding hydrogens is 257 g/mol. The Morgan fingerprint density at radius 2 is 1.68 bits per heavy atom. The topological polar surface area (TPSA) is 127 Å². The van der Waals surface area contributed by atoms with E-state index in [-0.39, 0.29) is 11.3 Å². The first-order valence-corrected chi connectivity index (χ1v) is 5.15. The summed E-state index contributed by atoms with van der Waals surface area (Å²) in [7, 11) is 0. The molecule has 5 N–H and O–H groups in total. The third kappa shape index (κ3) is 3.95. The SMILES string of the molecule is NC(=O)CN(CC(N)=O)c1ccc(C(=O)O)cc1F. The van der Waals surface area contributed by atoms with E-state index in [0.29, 0.717) is 0 Å². The van der Waals surface area contributed by atoms with Gasteiger partial charge in [0.05, 0.1) is 24.3 Å². The van der Waals surface area contributed by atoms with Crippen LogP contribution < -0.4 is 16.4 Å². The summed E-state index contributed by atoms with van der Waals surface area (Å²) >= 11 is 0. The van der Waals surface area contributed by atoms with Crippen molar-refractivity contribution in [3.63, 3.8) is 0 Å². The fraction of sp³-hybridized carbons (Fsp3) is 0.182. The minimum Gasteiger partial charge on any atom is -0.478 e. The number of nitrogens with two attached hydrogens (primary N) is 2. The fourth-order valence-corrected chi connectivity index (χ4v) is 1.50. The van der Waals surface area contributed by atoms with Gasteiger partial charge in [0.2, 0.25) is 11.8 Å². The van der Waals surface area contributed by atoms with E-state index < -0.39 is 36.7 Å². The van der Waals surface area contributed by atoms with E-state index in [0.717, 1.165) is 23.1 Å². The number of rotatable bonds is 6. The Kier molecular flexibility index (Phi) is 4.41. The predicted octanol–water partition coefficient (Wildman–Crippen LogP) is -0.699. The van der Waals surface area contributed by atoms with Crippen molar-refractivity contribution in [2.75, 3.05) is 18.0 Å². The van der Waals surface area contributed by atoms with Gasteiger partial charge in [-0.05, 0) is 18.2 Å². The van der Waals surface area contributed by atoms with Crippen LogP contribution in [0.5, 0.6) is 0 Å². The minimum absolute atomic E-state index is 0.123. The van der Waals surface area contributed by atoms with Gasteiger partial charge >= 0.3 is 5.97 Å². The van der Waals surface area contributed by atoms with Gasteiger partial charge in [0.15, 0.2) is 0 Å². The van der Waals surface area contributed by atoms with Crippen molar-refractivity contribution >= 4 is 23.5 Å². The second kappa shape index (κ2) is 5.80. The lowest BCUT2D eigenvalue weighted by molar-refractivity contribution is -0.117. The van der Waals surface area contributed by atoms with Crippen LogP contribution in [0.25, 0.3) is 0 Å². The number of carboxylic acids is 1. The molecule has 2 amide bonds. The highest BCUT2D eigenvalue weighted by molar-refractivity contribution is 5.89. The molecule has 0 heterocycles. The van der Waals surface area contributed by atoms with Crippen molar-refractivity contribution in [2.24, 2.45) is 11.5 Å². The summed E-state index contributed by atoms with van der Waals surface area (Å²) in [6.07, 6.45) is 0. The first-order chi connectivity index (χ1) is 8.81. The Morgan fingerprint density at radius 1 is 1.16 bits per heavy atom. The summed E-state index contributed by atoms with van der Waals surface area (Å²) in [6, 6.07) is 3.08. The molecule has 102 valence electrons. The van der Waals surface area contributed by atoms with Crippen LogP contribution in [0.3, 0.4) is 0 Å². The van der Waals surface area contributed by atoms with Crippen LogP contribution in [0, 0.1) is 5.82 Å². The van der Waals surface area contributed by atoms with Crippen LogP contribution in [0.4, 0.5) is 10.1 Å². The van der Waals surface area contributed by atoms with Gasteiger partial charge in [0.1, 0.15) is 5.82 Å². The summed E-state index contributed by atoms with van der Waals surface area (Å²) < 4.78 is 13.8. The van der Waals surface area contributed by atoms with Gasteiger partial charge in [-0.25, -0.2) is 9.18 Å². The second-order valence-electron chi connectivity index (χ2n) is 3.76. The first kappa shape index (κ1) is 14.4. The first-order valence-electron chi connectivity index (χ1n) is 5.15. The minimum atomic E-state index is -1.29. The molecule has 1 aromatic rings. The summed E-state index contributed by atoms with van der Waals surface area (Å²) in [5, 5.41) is 8.70. The van der Waals surface area contributed by atoms with Gasteiger partial charge < -0.3 is 21.5 Å². The quantitative estimate of drug-likeness (QED) is 0.629. The van der Waals surface area contributed by atoms with Gasteiger partial charge in [-0.1, -0.05) is 0 Å². The molecule has 0 bridgehead atoms. The molecule has 0 atom stereocenters. The van der Waals surface area contributed by atoms with E-state index >= 15 is 0 Å². The maximum atomic E-state index is 13.8. The number of benzene rings is 1. The number of carbonyl (C=O) groups excluding carboxylic acids is 2. The number of hydrogen-bond acceptors (Lipinski definition) is 4. The molecule has 1 aromatic carbocycles. The third-order valence-electron chi connectivity index (χ3n) is 2.23. The van der Waals surface area contributed by atoms with Crippen molar-refractivity contribution in [3.05, 3.63) is 29.6 Å². The number of amides is 2. The smallest absolute Gasteiger partial charge is 0.335 e. The van der Waals surface area contributed by atoms with E-state index in [9.17, 15) is 18.8 Å². The molecule has 0 saturated carbocycles. The number of aromatic carboxylic acids is 1. The van der Waals surface area contributed by atoms with Crippen molar-refractivity contribution in [2.45, 2.75) is 0 Å². The molecule has 8 heteroatoms. The van der Waals surface area contributed by atoms with Gasteiger partial charge in [0.25, 0.3) is 0 Å². The molecule has 0 unspecified atom stereocenters. The second-order valence-corrected chi connectivity index (χ2v) is 3.76. The number of hydrogen-bond donors (Lipinski definition) is 3. The van der Waals surface area contributed by atoms with Crippen LogP contribution in [0.15, 0.2) is 18.2 Å². The number of halogens is 1. The summed E-state index contributed by atoms with van der Waals surface area (Å²) in [4.78, 5) is 33.4. The highest BCUT2D eigenvalue weighted by Crippen LogP contribution is 2.20. The number of nitrogens with zero attached hydrogens (tertiary/aromatic N) is 1. The Bertz CT molecular complexity index is 517. The van der Waals surface area contributed by atoms with Crippen molar-refractivity contribution in [1.82, 2.24) is 0 Å². The van der Waals surface area contributed by atoms with E-state index in [1.54, 1.807) is 0 Å². The molecule has 19 heavy (non-hydrogen) atoms. The molecule has 0 saturated heterocycles. The summed E-state index contributed by atoms with van der Waals surface area (Å²) in [6.45, 7) is -0.821. The van der Waals surface area contributed by atoms with Crippen molar-refractivity contribution in [1.29, 1.82) is 0 Å². The monoisotopic (exact) mass is 269 g/mol. The molecule has 0 aromatic heterocycles. The summed E-state index contributed by atoms with van der Waals surface area (Å²) in [5.74, 6) is -3.73. The summed E-state index contributed by atoms with van der Waals surface area (Å²) in [5.41, 5.74) is 9.60. The van der Waals surface area contributed by atoms with Gasteiger partial charge in [-0.15, -0.1) is 0 Å². The highest BCUT2D eigenvalue weighted by atomic mass is 19.1. The van der Waals surface area contributed by atoms with E-state index in [4.69, 9.17) is 16.6 Å². The number of carbonyl (C=O) groups is 3. The molecule has 7 nitrogen and oxygen atoms in total. The number of primary amides is 2. The molecule has 0 spiro atoms. The average Bonchev–Trinajstić information content (AvgIpc) is 2.26. The molecular formula is C11H12FN3O4. The van der Waals surface area contributed by atoms with Gasteiger partial charge in [-0.3, -0.25) is 9.59 Å². The van der Waals surface area contributed by atoms with Crippen LogP contribution in [-0.4, -0.2) is 36.0 Å². The molecule has 0 aliphatic carbocycles. The Hall–Kier alpha value is -2.64. The van der Waals surface area contributed by atoms with Gasteiger partial charge in [-0.2, -0.15) is 0 Å². The molecule has 0 fully saturated rings. The zero-order valence-corrected chi connectivity index (χ0v) is 9.80. The lowest BCUT2D eigenvalue weighted by atomic mass is 10.2. The molecule has 0 radical (unpaired) electrons. The Balaban J connectivity index is 3.11. The molecule has 0 aliphatic rings. The van der Waals surface area contributed by atoms with Crippen molar-refractivity contribution < 1.29 is 23.9 Å². The number of anilines is 1. The molecule has 1 rings (SSSR count). The predicted molar refractivity (Wildman–Crippen MR) is 64.0 cm³/mol. The molecule has 0 aliphatic heterocycles. The number of carboxylic acid groups (broad SMARTS) is 1. The van der Waals surface area contributed by atoms with E-state index in [1.165, 1.54) is 0 Å². The average molecular weight is 269 g/mol. The normalized spacial score (nSPS) is 9.95. The Labute approximate surface area is 107 Å². The lowest BCUT2D eigenvalue weighted by Gasteiger charge is -2.22. The van der Waals surface area contributed by atoms with Gasteiger partial charge in [0, 0.05) is 0 Å². The zero-order chi connectivity index (χ0) is 14.6. The zero-order valence-electron chi connectivity index (χ0n) is 9.80. The third-order valence-corrected chi connectivity index (χ3v) is 2.23. The van der Waals surface area contributed by atoms with Crippen LogP contribution >= 0.6 is 0 Å².